The van der Waals surface area contributed by atoms with Crippen molar-refractivity contribution in [2.45, 2.75) is 33.2 Å². The van der Waals surface area contributed by atoms with Crippen LogP contribution in [0, 0.1) is 6.92 Å². The number of amides is 1. The van der Waals surface area contributed by atoms with Gasteiger partial charge >= 0.3 is 0 Å². The molecule has 0 aromatic carbocycles. The molecular formula is C19H33N5O3. The third-order valence-corrected chi connectivity index (χ3v) is 4.53. The highest BCUT2D eigenvalue weighted by atomic mass is 16.5. The highest BCUT2D eigenvalue weighted by Crippen LogP contribution is 2.07. The lowest BCUT2D eigenvalue weighted by Crippen LogP contribution is -2.44. The van der Waals surface area contributed by atoms with E-state index in [9.17, 15) is 4.79 Å². The van der Waals surface area contributed by atoms with Crippen LogP contribution in [0.3, 0.4) is 0 Å². The van der Waals surface area contributed by atoms with Crippen molar-refractivity contribution in [2.24, 2.45) is 4.99 Å². The summed E-state index contributed by atoms with van der Waals surface area (Å²) in [5, 5.41) is 9.46. The molecule has 1 atom stereocenters. The van der Waals surface area contributed by atoms with Crippen LogP contribution in [0.15, 0.2) is 21.7 Å². The fraction of sp³-hybridized carbons (Fsp3) is 0.684. The molecule has 27 heavy (non-hydrogen) atoms. The van der Waals surface area contributed by atoms with Crippen molar-refractivity contribution in [3.63, 3.8) is 0 Å². The molecule has 1 aromatic rings. The lowest BCUT2D eigenvalue weighted by atomic mass is 10.2. The number of aliphatic imine (C=N–C) groups is 1. The zero-order valence-electron chi connectivity index (χ0n) is 16.7. The average molecular weight is 380 g/mol. The average Bonchev–Trinajstić information content (AvgIpc) is 3.12. The first-order valence-electron chi connectivity index (χ1n) is 9.78. The smallest absolute Gasteiger partial charge is 0.287 e. The maximum absolute atomic E-state index is 12.0. The molecule has 1 aromatic heterocycles. The maximum Gasteiger partial charge on any atom is 0.287 e. The fourth-order valence-corrected chi connectivity index (χ4v) is 2.88. The second-order valence-corrected chi connectivity index (χ2v) is 6.69. The number of furan rings is 1. The van der Waals surface area contributed by atoms with Gasteiger partial charge in [-0.3, -0.25) is 14.7 Å². The molecule has 3 N–H and O–H groups in total. The van der Waals surface area contributed by atoms with Crippen molar-refractivity contribution >= 4 is 11.9 Å². The van der Waals surface area contributed by atoms with Crippen LogP contribution >= 0.6 is 0 Å². The number of hydrogen-bond donors (Lipinski definition) is 3. The van der Waals surface area contributed by atoms with Crippen molar-refractivity contribution in [3.05, 3.63) is 23.7 Å². The zero-order chi connectivity index (χ0) is 19.5. The Labute approximate surface area is 161 Å². The van der Waals surface area contributed by atoms with Gasteiger partial charge in [0.25, 0.3) is 5.91 Å². The van der Waals surface area contributed by atoms with Gasteiger partial charge in [-0.15, -0.1) is 0 Å². The first kappa shape index (κ1) is 21.2. The molecule has 1 saturated heterocycles. The predicted octanol–water partition coefficient (Wildman–Crippen LogP) is 0.984. The molecule has 1 aliphatic rings. The Balaban J connectivity index is 1.67. The zero-order valence-corrected chi connectivity index (χ0v) is 16.7. The van der Waals surface area contributed by atoms with Gasteiger partial charge in [-0.2, -0.15) is 0 Å². The fourth-order valence-electron chi connectivity index (χ4n) is 2.88. The van der Waals surface area contributed by atoms with E-state index in [0.29, 0.717) is 18.3 Å². The van der Waals surface area contributed by atoms with E-state index < -0.39 is 0 Å². The number of aryl methyl sites for hydroxylation is 1. The lowest BCUT2D eigenvalue weighted by Gasteiger charge is -2.31. The summed E-state index contributed by atoms with van der Waals surface area (Å²) in [5.41, 5.74) is 0.849. The number of morpholine rings is 1. The number of carbonyl (C=O) groups is 1. The molecule has 1 unspecified atom stereocenters. The minimum Gasteiger partial charge on any atom is -0.459 e. The molecule has 2 rings (SSSR count). The van der Waals surface area contributed by atoms with Gasteiger partial charge < -0.3 is 25.1 Å². The molecule has 1 amide bonds. The molecule has 8 heteroatoms. The van der Waals surface area contributed by atoms with E-state index in [1.165, 1.54) is 6.26 Å². The van der Waals surface area contributed by atoms with Gasteiger partial charge in [0, 0.05) is 44.3 Å². The summed E-state index contributed by atoms with van der Waals surface area (Å²) in [5.74, 6) is 1.03. The van der Waals surface area contributed by atoms with E-state index >= 15 is 0 Å². The number of nitrogens with one attached hydrogen (secondary N) is 3. The highest BCUT2D eigenvalue weighted by Gasteiger charge is 2.16. The molecule has 0 spiro atoms. The molecule has 1 fully saturated rings. The topological polar surface area (TPSA) is 91.1 Å². The van der Waals surface area contributed by atoms with Gasteiger partial charge in [0.05, 0.1) is 26.0 Å². The molecule has 1 aliphatic heterocycles. The number of hydrogen-bond acceptors (Lipinski definition) is 5. The van der Waals surface area contributed by atoms with Crippen LogP contribution in [-0.4, -0.2) is 75.3 Å². The Morgan fingerprint density at radius 3 is 2.67 bits per heavy atom. The summed E-state index contributed by atoms with van der Waals surface area (Å²) in [6, 6.07) is 2.17. The minimum atomic E-state index is -0.169. The standard InChI is InChI=1S/C19H33N5O3/c1-4-20-19(23-14-16(3)24-9-12-26-13-10-24)22-8-5-7-21-18(25)17-15(2)6-11-27-17/h6,11,16H,4-5,7-10,12-14H2,1-3H3,(H,21,25)(H2,20,22,23). The largest absolute Gasteiger partial charge is 0.459 e. The van der Waals surface area contributed by atoms with Gasteiger partial charge in [-0.1, -0.05) is 0 Å². The van der Waals surface area contributed by atoms with Crippen LogP contribution in [0.4, 0.5) is 0 Å². The van der Waals surface area contributed by atoms with Crippen LogP contribution in [-0.2, 0) is 4.74 Å². The monoisotopic (exact) mass is 379 g/mol. The van der Waals surface area contributed by atoms with Gasteiger partial charge in [0.1, 0.15) is 0 Å². The van der Waals surface area contributed by atoms with Crippen molar-refractivity contribution in [1.29, 1.82) is 0 Å². The Morgan fingerprint density at radius 1 is 1.26 bits per heavy atom. The summed E-state index contributed by atoms with van der Waals surface area (Å²) in [6.07, 6.45) is 2.33. The number of nitrogens with zero attached hydrogens (tertiary/aromatic N) is 2. The molecule has 0 bridgehead atoms. The molecule has 2 heterocycles. The van der Waals surface area contributed by atoms with Crippen LogP contribution < -0.4 is 16.0 Å². The third-order valence-electron chi connectivity index (χ3n) is 4.53. The van der Waals surface area contributed by atoms with Crippen molar-refractivity contribution < 1.29 is 13.9 Å². The summed E-state index contributed by atoms with van der Waals surface area (Å²) < 4.78 is 10.6. The molecule has 0 radical (unpaired) electrons. The minimum absolute atomic E-state index is 0.169. The first-order valence-corrected chi connectivity index (χ1v) is 9.78. The van der Waals surface area contributed by atoms with E-state index in [1.807, 2.05) is 6.92 Å². The van der Waals surface area contributed by atoms with E-state index in [4.69, 9.17) is 9.15 Å². The molecule has 0 aliphatic carbocycles. The summed E-state index contributed by atoms with van der Waals surface area (Å²) in [4.78, 5) is 19.1. The second kappa shape index (κ2) is 11.6. The van der Waals surface area contributed by atoms with Gasteiger partial charge in [0.15, 0.2) is 11.7 Å². The van der Waals surface area contributed by atoms with Crippen molar-refractivity contribution in [3.8, 4) is 0 Å². The SMILES string of the molecule is CCNC(=NCC(C)N1CCOCC1)NCCCNC(=O)c1occc1C. The summed E-state index contributed by atoms with van der Waals surface area (Å²) >= 11 is 0. The Kier molecular flexibility index (Phi) is 9.13. The molecule has 0 saturated carbocycles. The van der Waals surface area contributed by atoms with Crippen LogP contribution in [0.2, 0.25) is 0 Å². The Hall–Kier alpha value is -2.06. The van der Waals surface area contributed by atoms with Crippen molar-refractivity contribution in [2.75, 3.05) is 52.5 Å². The van der Waals surface area contributed by atoms with E-state index in [0.717, 1.165) is 63.9 Å². The molecule has 152 valence electrons. The third kappa shape index (κ3) is 7.22. The highest BCUT2D eigenvalue weighted by molar-refractivity contribution is 5.92. The Bertz CT molecular complexity index is 596. The van der Waals surface area contributed by atoms with Gasteiger partial charge in [-0.25, -0.2) is 0 Å². The number of rotatable bonds is 9. The Morgan fingerprint density at radius 2 is 2.00 bits per heavy atom. The van der Waals surface area contributed by atoms with Crippen LogP contribution in [0.5, 0.6) is 0 Å². The van der Waals surface area contributed by atoms with Gasteiger partial charge in [0.2, 0.25) is 0 Å². The van der Waals surface area contributed by atoms with Crippen LogP contribution in [0.25, 0.3) is 0 Å². The number of guanidine groups is 1. The lowest BCUT2D eigenvalue weighted by molar-refractivity contribution is 0.0220. The number of ether oxygens (including phenoxy) is 1. The quantitative estimate of drug-likeness (QED) is 0.337. The van der Waals surface area contributed by atoms with E-state index in [-0.39, 0.29) is 5.91 Å². The van der Waals surface area contributed by atoms with Crippen molar-refractivity contribution in [1.82, 2.24) is 20.9 Å². The molecule has 8 nitrogen and oxygen atoms in total. The van der Waals surface area contributed by atoms with Gasteiger partial charge in [-0.05, 0) is 33.3 Å². The van der Waals surface area contributed by atoms with E-state index in [2.05, 4.69) is 39.7 Å². The van der Waals surface area contributed by atoms with Crippen LogP contribution in [0.1, 0.15) is 36.4 Å². The summed E-state index contributed by atoms with van der Waals surface area (Å²) in [7, 11) is 0. The molecular weight excluding hydrogens is 346 g/mol. The second-order valence-electron chi connectivity index (χ2n) is 6.69. The normalized spacial score (nSPS) is 16.8. The predicted molar refractivity (Wildman–Crippen MR) is 106 cm³/mol. The first-order chi connectivity index (χ1) is 13.1. The number of carbonyl (C=O) groups excluding carboxylic acids is 1. The maximum atomic E-state index is 12.0. The summed E-state index contributed by atoms with van der Waals surface area (Å²) in [6.45, 7) is 12.5. The van der Waals surface area contributed by atoms with E-state index in [1.54, 1.807) is 6.07 Å².